The van der Waals surface area contributed by atoms with Crippen LogP contribution in [0, 0.1) is 37.0 Å². The fraction of sp³-hybridized carbons (Fsp3) is 0.923. The Morgan fingerprint density at radius 2 is 1.29 bits per heavy atom. The van der Waals surface area contributed by atoms with E-state index < -0.39 is 0 Å². The van der Waals surface area contributed by atoms with E-state index in [1.165, 1.54) is 12.8 Å². The Bertz CT molecular complexity index is 167. The monoisotopic (exact) mass is 371 g/mol. The van der Waals surface area contributed by atoms with Gasteiger partial charge in [-0.1, -0.05) is 27.7 Å². The molecule has 109 valence electrons. The Morgan fingerprint density at radius 3 is 1.59 bits per heavy atom. The molecule has 4 unspecified atom stereocenters. The normalized spacial score (nSPS) is 36.1. The number of hydrogen-bond donors (Lipinski definition) is 1. The van der Waals surface area contributed by atoms with Crippen LogP contribution in [-0.2, 0) is 15.1 Å². The summed E-state index contributed by atoms with van der Waals surface area (Å²) in [6.45, 7) is 10.5. The third-order valence-corrected chi connectivity index (χ3v) is 4.58. The van der Waals surface area contributed by atoms with E-state index in [2.05, 4.69) is 27.7 Å². The topological polar surface area (TPSA) is 26.0 Å². The molecule has 1 fully saturated rings. The second-order valence-corrected chi connectivity index (χ2v) is 7.57. The summed E-state index contributed by atoms with van der Waals surface area (Å²) in [7, 11) is 9.67. The first-order valence-electron chi connectivity index (χ1n) is 6.04. The van der Waals surface area contributed by atoms with Crippen LogP contribution in [0.1, 0.15) is 40.5 Å². The van der Waals surface area contributed by atoms with Gasteiger partial charge in [0.2, 0.25) is 0 Å². The van der Waals surface area contributed by atoms with Gasteiger partial charge < -0.3 is 13.2 Å². The van der Waals surface area contributed by atoms with E-state index >= 15 is 0 Å². The van der Waals surface area contributed by atoms with Crippen LogP contribution in [0.3, 0.4) is 0 Å². The van der Waals surface area contributed by atoms with E-state index in [1.807, 2.05) is 0 Å². The molecule has 2 N–H and O–H groups in total. The van der Waals surface area contributed by atoms with E-state index in [9.17, 15) is 0 Å². The van der Waals surface area contributed by atoms with Crippen molar-refractivity contribution in [3.8, 4) is 0 Å². The van der Waals surface area contributed by atoms with Crippen molar-refractivity contribution in [3.63, 3.8) is 0 Å². The molecule has 4 heteroatoms. The summed E-state index contributed by atoms with van der Waals surface area (Å²) in [5.41, 5.74) is 5.57. The number of nitrogens with two attached hydrogens (primary N) is 1. The molecule has 0 aromatic carbocycles. The van der Waals surface area contributed by atoms with E-state index in [0.717, 1.165) is 36.1 Å². The van der Waals surface area contributed by atoms with Gasteiger partial charge in [0.15, 0.2) is 0 Å². The second kappa shape index (κ2) is 11.0. The molecule has 0 spiro atoms. The van der Waals surface area contributed by atoms with Crippen molar-refractivity contribution in [1.29, 1.82) is 0 Å². The first kappa shape index (κ1) is 20.5. The third-order valence-electron chi connectivity index (χ3n) is 4.58. The van der Waals surface area contributed by atoms with Gasteiger partial charge in [-0.25, -0.2) is 0 Å². The van der Waals surface area contributed by atoms with Crippen LogP contribution in [0.15, 0.2) is 0 Å². The van der Waals surface area contributed by atoms with E-state index in [0.29, 0.717) is 0 Å². The molecular formula is C13H28Cl2NRh-. The summed E-state index contributed by atoms with van der Waals surface area (Å²) < 4.78 is 0. The van der Waals surface area contributed by atoms with Crippen molar-refractivity contribution in [2.24, 2.45) is 35.3 Å². The first-order chi connectivity index (χ1) is 7.51. The standard InChI is InChI=1S/C12H25N.CH3.2ClH.Rh/c1-8-9(2)11(4)12(10(8)3)6-5-7-13;;;;/h8-12H,5-7,13H2,1-4H3;1H3;2*1H;/q;-1;;;+2/p-2. The average molecular weight is 372 g/mol. The molecule has 0 radical (unpaired) electrons. The van der Waals surface area contributed by atoms with Crippen LogP contribution in [0.2, 0.25) is 0 Å². The van der Waals surface area contributed by atoms with Crippen molar-refractivity contribution < 1.29 is 15.1 Å². The molecule has 0 amide bonds. The van der Waals surface area contributed by atoms with Crippen molar-refractivity contribution in [3.05, 3.63) is 7.43 Å². The molecule has 1 rings (SSSR count). The van der Waals surface area contributed by atoms with Gasteiger partial charge in [-0.3, -0.25) is 0 Å². The van der Waals surface area contributed by atoms with Crippen LogP contribution in [0.4, 0.5) is 0 Å². The summed E-state index contributed by atoms with van der Waals surface area (Å²) in [6.07, 6.45) is 2.55. The van der Waals surface area contributed by atoms with Gasteiger partial charge in [-0.15, -0.1) is 0 Å². The molecule has 17 heavy (non-hydrogen) atoms. The zero-order chi connectivity index (χ0) is 12.7. The predicted octanol–water partition coefficient (Wildman–Crippen LogP) is 4.73. The zero-order valence-electron chi connectivity index (χ0n) is 11.7. The third kappa shape index (κ3) is 6.23. The van der Waals surface area contributed by atoms with Gasteiger partial charge in [0.1, 0.15) is 0 Å². The first-order valence-corrected chi connectivity index (χ1v) is 10.3. The Labute approximate surface area is 124 Å². The molecule has 1 saturated carbocycles. The van der Waals surface area contributed by atoms with Crippen LogP contribution in [0.5, 0.6) is 0 Å². The molecule has 1 nitrogen and oxygen atoms in total. The Balaban J connectivity index is 0. The summed E-state index contributed by atoms with van der Waals surface area (Å²) in [6, 6.07) is 0. The van der Waals surface area contributed by atoms with Gasteiger partial charge in [-0.05, 0) is 49.0 Å². The fourth-order valence-corrected chi connectivity index (χ4v) is 3.10. The predicted molar refractivity (Wildman–Crippen MR) is 76.6 cm³/mol. The Hall–Kier alpha value is 1.16. The van der Waals surface area contributed by atoms with Gasteiger partial charge in [0, 0.05) is 0 Å². The Morgan fingerprint density at radius 1 is 0.941 bits per heavy atom. The SMILES string of the molecule is CC1C(C)C(C)C(CCCN)C1C.[CH3-].[Cl][Rh][Cl]. The van der Waals surface area contributed by atoms with E-state index in [-0.39, 0.29) is 22.6 Å². The fourth-order valence-electron chi connectivity index (χ4n) is 3.10. The molecule has 0 aromatic heterocycles. The van der Waals surface area contributed by atoms with Gasteiger partial charge in [-0.2, -0.15) is 0 Å². The molecule has 0 bridgehead atoms. The van der Waals surface area contributed by atoms with Crippen molar-refractivity contribution in [1.82, 2.24) is 0 Å². The maximum absolute atomic E-state index is 5.57. The zero-order valence-corrected chi connectivity index (χ0v) is 14.8. The minimum absolute atomic E-state index is 0. The molecule has 0 saturated heterocycles. The van der Waals surface area contributed by atoms with E-state index in [1.54, 1.807) is 0 Å². The minimum atomic E-state index is -0.226. The number of hydrogen-bond acceptors (Lipinski definition) is 1. The molecule has 1 aliphatic carbocycles. The summed E-state index contributed by atoms with van der Waals surface area (Å²) in [5, 5.41) is 0. The van der Waals surface area contributed by atoms with Crippen LogP contribution in [-0.4, -0.2) is 6.54 Å². The Kier molecular flexibility index (Phi) is 13.3. The molecule has 0 aromatic rings. The van der Waals surface area contributed by atoms with Crippen LogP contribution < -0.4 is 5.73 Å². The van der Waals surface area contributed by atoms with Crippen molar-refractivity contribution in [2.75, 3.05) is 6.54 Å². The van der Waals surface area contributed by atoms with Gasteiger partial charge in [0.05, 0.1) is 0 Å². The second-order valence-electron chi connectivity index (χ2n) is 5.08. The molecular weight excluding hydrogens is 344 g/mol. The average Bonchev–Trinajstić information content (AvgIpc) is 2.43. The molecule has 1 aliphatic rings. The maximum atomic E-state index is 5.57. The molecule has 4 atom stereocenters. The summed E-state index contributed by atoms with van der Waals surface area (Å²) in [5.74, 6) is 4.53. The van der Waals surface area contributed by atoms with Gasteiger partial charge in [0.25, 0.3) is 0 Å². The van der Waals surface area contributed by atoms with Gasteiger partial charge >= 0.3 is 34.5 Å². The molecule has 0 heterocycles. The van der Waals surface area contributed by atoms with Crippen molar-refractivity contribution >= 4 is 19.4 Å². The summed E-state index contributed by atoms with van der Waals surface area (Å²) >= 11 is -0.226. The van der Waals surface area contributed by atoms with Crippen molar-refractivity contribution in [2.45, 2.75) is 40.5 Å². The molecule has 0 aliphatic heterocycles. The quantitative estimate of drug-likeness (QED) is 0.563. The summed E-state index contributed by atoms with van der Waals surface area (Å²) in [4.78, 5) is 0. The van der Waals surface area contributed by atoms with Crippen LogP contribution >= 0.6 is 19.4 Å². The number of halogens is 2. The number of rotatable bonds is 3. The van der Waals surface area contributed by atoms with E-state index in [4.69, 9.17) is 25.1 Å². The van der Waals surface area contributed by atoms with Crippen LogP contribution in [0.25, 0.3) is 0 Å².